The molecule has 132 valence electrons. The normalized spacial score (nSPS) is 12.4. The van der Waals surface area contributed by atoms with Gasteiger partial charge in [0.05, 0.1) is 6.54 Å². The lowest BCUT2D eigenvalue weighted by molar-refractivity contribution is -0.115. The van der Waals surface area contributed by atoms with Crippen LogP contribution in [0, 0.1) is 6.92 Å². The zero-order valence-corrected chi connectivity index (χ0v) is 15.0. The van der Waals surface area contributed by atoms with Gasteiger partial charge in [0.2, 0.25) is 5.91 Å². The molecule has 0 aliphatic rings. The van der Waals surface area contributed by atoms with Crippen LogP contribution in [-0.4, -0.2) is 32.0 Å². The fourth-order valence-corrected chi connectivity index (χ4v) is 2.37. The number of para-hydroxylation sites is 1. The monoisotopic (exact) mass is 338 g/mol. The van der Waals surface area contributed by atoms with E-state index in [1.807, 2.05) is 30.3 Å². The van der Waals surface area contributed by atoms with E-state index < -0.39 is 0 Å². The number of rotatable bonds is 6. The highest BCUT2D eigenvalue weighted by Gasteiger charge is 2.08. The number of nitrogens with zero attached hydrogens (tertiary/aromatic N) is 1. The first kappa shape index (κ1) is 18.5. The number of anilines is 1. The van der Waals surface area contributed by atoms with Crippen molar-refractivity contribution in [2.24, 2.45) is 4.99 Å². The van der Waals surface area contributed by atoms with Crippen molar-refractivity contribution in [2.75, 3.05) is 25.5 Å². The second-order valence-electron chi connectivity index (χ2n) is 6.03. The zero-order valence-electron chi connectivity index (χ0n) is 15.0. The number of benzene rings is 2. The van der Waals surface area contributed by atoms with Gasteiger partial charge in [-0.05, 0) is 30.5 Å². The van der Waals surface area contributed by atoms with Crippen LogP contribution < -0.4 is 16.0 Å². The van der Waals surface area contributed by atoms with Crippen LogP contribution in [0.3, 0.4) is 0 Å². The van der Waals surface area contributed by atoms with Crippen LogP contribution in [0.5, 0.6) is 0 Å². The highest BCUT2D eigenvalue weighted by molar-refractivity contribution is 5.94. The molecule has 2 rings (SSSR count). The van der Waals surface area contributed by atoms with Gasteiger partial charge in [0.1, 0.15) is 0 Å². The summed E-state index contributed by atoms with van der Waals surface area (Å²) < 4.78 is 0. The van der Waals surface area contributed by atoms with Gasteiger partial charge in [-0.25, -0.2) is 0 Å². The number of hydrogen-bond acceptors (Lipinski definition) is 2. The standard InChI is InChI=1S/C20H26N4O/c1-15-9-11-17(12-10-15)16(2)13-22-20(21-3)23-14-19(25)24-18-7-5-4-6-8-18/h4-12,16H,13-14H2,1-3H3,(H,24,25)(H2,21,22,23). The minimum Gasteiger partial charge on any atom is -0.356 e. The van der Waals surface area contributed by atoms with E-state index in [0.717, 1.165) is 12.2 Å². The smallest absolute Gasteiger partial charge is 0.243 e. The molecule has 1 atom stereocenters. The maximum Gasteiger partial charge on any atom is 0.243 e. The molecule has 2 aromatic carbocycles. The third-order valence-electron chi connectivity index (χ3n) is 3.92. The molecule has 0 bridgehead atoms. The van der Waals surface area contributed by atoms with Crippen LogP contribution in [0.25, 0.3) is 0 Å². The number of aliphatic imine (C=N–C) groups is 1. The SMILES string of the molecule is CN=C(NCC(=O)Nc1ccccc1)NCC(C)c1ccc(C)cc1. The molecule has 0 aliphatic heterocycles. The molecule has 0 fully saturated rings. The molecule has 0 aromatic heterocycles. The quantitative estimate of drug-likeness (QED) is 0.560. The van der Waals surface area contributed by atoms with Gasteiger partial charge >= 0.3 is 0 Å². The molecule has 25 heavy (non-hydrogen) atoms. The summed E-state index contributed by atoms with van der Waals surface area (Å²) in [5.41, 5.74) is 3.31. The van der Waals surface area contributed by atoms with Gasteiger partial charge in [-0.1, -0.05) is 55.0 Å². The van der Waals surface area contributed by atoms with Crippen molar-refractivity contribution in [1.29, 1.82) is 0 Å². The zero-order chi connectivity index (χ0) is 18.1. The Labute approximate surface area is 149 Å². The highest BCUT2D eigenvalue weighted by atomic mass is 16.1. The van der Waals surface area contributed by atoms with Gasteiger partial charge in [-0.2, -0.15) is 0 Å². The topological polar surface area (TPSA) is 65.5 Å². The average molecular weight is 338 g/mol. The summed E-state index contributed by atoms with van der Waals surface area (Å²) in [6.45, 7) is 5.14. The first-order valence-electron chi connectivity index (χ1n) is 8.44. The van der Waals surface area contributed by atoms with Gasteiger partial charge in [-0.3, -0.25) is 9.79 Å². The summed E-state index contributed by atoms with van der Waals surface area (Å²) in [7, 11) is 1.70. The van der Waals surface area contributed by atoms with E-state index in [4.69, 9.17) is 0 Å². The Balaban J connectivity index is 1.76. The molecule has 5 heteroatoms. The van der Waals surface area contributed by atoms with Crippen LogP contribution in [0.1, 0.15) is 24.0 Å². The second-order valence-corrected chi connectivity index (χ2v) is 6.03. The first-order valence-corrected chi connectivity index (χ1v) is 8.44. The van der Waals surface area contributed by atoms with Crippen LogP contribution in [-0.2, 0) is 4.79 Å². The van der Waals surface area contributed by atoms with Crippen LogP contribution in [0.2, 0.25) is 0 Å². The molecule has 3 N–H and O–H groups in total. The Morgan fingerprint density at radius 3 is 2.36 bits per heavy atom. The van der Waals surface area contributed by atoms with Crippen molar-refractivity contribution < 1.29 is 4.79 Å². The van der Waals surface area contributed by atoms with Gasteiger partial charge in [0.15, 0.2) is 5.96 Å². The lowest BCUT2D eigenvalue weighted by Gasteiger charge is -2.16. The molecule has 5 nitrogen and oxygen atoms in total. The van der Waals surface area contributed by atoms with Gasteiger partial charge < -0.3 is 16.0 Å². The van der Waals surface area contributed by atoms with Gasteiger partial charge in [0.25, 0.3) is 0 Å². The Morgan fingerprint density at radius 2 is 1.72 bits per heavy atom. The molecule has 1 unspecified atom stereocenters. The minimum atomic E-state index is -0.110. The molecular formula is C20H26N4O. The van der Waals surface area contributed by atoms with E-state index >= 15 is 0 Å². The molecule has 0 spiro atoms. The number of aryl methyl sites for hydroxylation is 1. The predicted octanol–water partition coefficient (Wildman–Crippen LogP) is 2.90. The van der Waals surface area contributed by atoms with Crippen molar-refractivity contribution in [2.45, 2.75) is 19.8 Å². The van der Waals surface area contributed by atoms with Crippen LogP contribution in [0.4, 0.5) is 5.69 Å². The lowest BCUT2D eigenvalue weighted by atomic mass is 10.0. The number of hydrogen-bond donors (Lipinski definition) is 3. The molecule has 0 saturated heterocycles. The Morgan fingerprint density at radius 1 is 1.04 bits per heavy atom. The van der Waals surface area contributed by atoms with E-state index in [1.165, 1.54) is 11.1 Å². The summed E-state index contributed by atoms with van der Waals surface area (Å²) in [6, 6.07) is 17.9. The summed E-state index contributed by atoms with van der Waals surface area (Å²) in [5.74, 6) is 0.847. The van der Waals surface area contributed by atoms with E-state index in [-0.39, 0.29) is 12.5 Å². The summed E-state index contributed by atoms with van der Waals surface area (Å²) >= 11 is 0. The molecule has 0 saturated carbocycles. The Kier molecular flexibility index (Phi) is 7.01. The van der Waals surface area contributed by atoms with Crippen molar-refractivity contribution in [3.63, 3.8) is 0 Å². The number of carbonyl (C=O) groups excluding carboxylic acids is 1. The Hall–Kier alpha value is -2.82. The van der Waals surface area contributed by atoms with Crippen molar-refractivity contribution >= 4 is 17.6 Å². The predicted molar refractivity (Wildman–Crippen MR) is 104 cm³/mol. The largest absolute Gasteiger partial charge is 0.356 e. The van der Waals surface area contributed by atoms with Crippen molar-refractivity contribution in [3.8, 4) is 0 Å². The van der Waals surface area contributed by atoms with E-state index in [1.54, 1.807) is 7.05 Å². The van der Waals surface area contributed by atoms with Gasteiger partial charge in [-0.15, -0.1) is 0 Å². The molecule has 2 aromatic rings. The maximum absolute atomic E-state index is 12.0. The molecule has 0 aliphatic carbocycles. The number of nitrogens with one attached hydrogen (secondary N) is 3. The average Bonchev–Trinajstić information content (AvgIpc) is 2.63. The van der Waals surface area contributed by atoms with E-state index in [2.05, 4.69) is 59.1 Å². The van der Waals surface area contributed by atoms with E-state index in [9.17, 15) is 4.79 Å². The molecular weight excluding hydrogens is 312 g/mol. The summed E-state index contributed by atoms with van der Waals surface area (Å²) in [6.07, 6.45) is 0. The summed E-state index contributed by atoms with van der Waals surface area (Å²) in [4.78, 5) is 16.1. The van der Waals surface area contributed by atoms with E-state index in [0.29, 0.717) is 11.9 Å². The first-order chi connectivity index (χ1) is 12.1. The number of amides is 1. The Bertz CT molecular complexity index is 695. The van der Waals surface area contributed by atoms with Gasteiger partial charge in [0, 0.05) is 19.3 Å². The minimum absolute atomic E-state index is 0.110. The summed E-state index contributed by atoms with van der Waals surface area (Å²) in [5, 5.41) is 9.13. The number of carbonyl (C=O) groups is 1. The molecule has 0 heterocycles. The fraction of sp³-hybridized carbons (Fsp3) is 0.300. The van der Waals surface area contributed by atoms with Crippen molar-refractivity contribution in [3.05, 3.63) is 65.7 Å². The molecule has 1 amide bonds. The third-order valence-corrected chi connectivity index (χ3v) is 3.92. The molecule has 0 radical (unpaired) electrons. The number of guanidine groups is 1. The van der Waals surface area contributed by atoms with Crippen LogP contribution >= 0.6 is 0 Å². The lowest BCUT2D eigenvalue weighted by Crippen LogP contribution is -2.42. The van der Waals surface area contributed by atoms with Crippen molar-refractivity contribution in [1.82, 2.24) is 10.6 Å². The third kappa shape index (κ3) is 6.30. The second kappa shape index (κ2) is 9.47. The maximum atomic E-state index is 12.0. The van der Waals surface area contributed by atoms with Crippen LogP contribution in [0.15, 0.2) is 59.6 Å². The fourth-order valence-electron chi connectivity index (χ4n) is 2.37. The highest BCUT2D eigenvalue weighted by Crippen LogP contribution is 2.14.